The lowest BCUT2D eigenvalue weighted by molar-refractivity contribution is 0.398. The van der Waals surface area contributed by atoms with E-state index in [4.69, 9.17) is 9.72 Å². The van der Waals surface area contributed by atoms with Crippen molar-refractivity contribution in [2.75, 3.05) is 25.1 Å². The third kappa shape index (κ3) is 3.66. The Morgan fingerprint density at radius 3 is 2.66 bits per heavy atom. The van der Waals surface area contributed by atoms with Crippen molar-refractivity contribution in [2.45, 2.75) is 46.0 Å². The highest BCUT2D eigenvalue weighted by atomic mass is 16.5. The number of nitrogens with one attached hydrogen (secondary N) is 1. The van der Waals surface area contributed by atoms with Crippen LogP contribution in [0.2, 0.25) is 0 Å². The zero-order valence-electron chi connectivity index (χ0n) is 17.3. The number of hydrogen-bond donors (Lipinski definition) is 1. The number of hydrogen-bond acceptors (Lipinski definition) is 7. The molecule has 0 radical (unpaired) electrons. The summed E-state index contributed by atoms with van der Waals surface area (Å²) < 4.78 is 5.41. The standard InChI is InChI=1S/C21H27N7O/c1-4-28(5-2)21-19(20-24-26-27-25-20)18(14-11-12-22-17(13-14)29-3)15-9-7-6-8-10-16(15)23-21/h11-13H,4-10H2,1-3H3,(H,24,25,26,27). The number of fused-ring (bicyclic) bond motifs is 1. The quantitative estimate of drug-likeness (QED) is 0.641. The van der Waals surface area contributed by atoms with Gasteiger partial charge < -0.3 is 9.64 Å². The van der Waals surface area contributed by atoms with Crippen molar-refractivity contribution in [3.05, 3.63) is 29.6 Å². The van der Waals surface area contributed by atoms with Crippen LogP contribution in [0.25, 0.3) is 22.5 Å². The lowest BCUT2D eigenvalue weighted by Crippen LogP contribution is -2.25. The second-order valence-corrected chi connectivity index (χ2v) is 7.17. The van der Waals surface area contributed by atoms with E-state index in [1.54, 1.807) is 13.3 Å². The van der Waals surface area contributed by atoms with Gasteiger partial charge in [0.1, 0.15) is 5.82 Å². The number of H-pyrrole nitrogens is 1. The average molecular weight is 393 g/mol. The Morgan fingerprint density at radius 1 is 1.10 bits per heavy atom. The van der Waals surface area contributed by atoms with Crippen LogP contribution in [-0.4, -0.2) is 50.8 Å². The van der Waals surface area contributed by atoms with Crippen molar-refractivity contribution in [1.82, 2.24) is 30.6 Å². The van der Waals surface area contributed by atoms with E-state index >= 15 is 0 Å². The molecule has 0 fully saturated rings. The molecular weight excluding hydrogens is 366 g/mol. The molecule has 0 aliphatic heterocycles. The smallest absolute Gasteiger partial charge is 0.213 e. The van der Waals surface area contributed by atoms with E-state index in [0.29, 0.717) is 11.7 Å². The number of tetrazole rings is 1. The van der Waals surface area contributed by atoms with Crippen molar-refractivity contribution in [3.8, 4) is 28.4 Å². The van der Waals surface area contributed by atoms with Crippen molar-refractivity contribution in [3.63, 3.8) is 0 Å². The monoisotopic (exact) mass is 393 g/mol. The van der Waals surface area contributed by atoms with Crippen LogP contribution in [0.15, 0.2) is 18.3 Å². The van der Waals surface area contributed by atoms with Gasteiger partial charge in [-0.25, -0.2) is 9.97 Å². The van der Waals surface area contributed by atoms with Crippen molar-refractivity contribution in [1.29, 1.82) is 0 Å². The summed E-state index contributed by atoms with van der Waals surface area (Å²) in [6, 6.07) is 4.01. The Labute approximate surface area is 170 Å². The average Bonchev–Trinajstić information content (AvgIpc) is 3.19. The molecule has 1 aliphatic carbocycles. The maximum atomic E-state index is 5.41. The van der Waals surface area contributed by atoms with Gasteiger partial charge in [-0.15, -0.1) is 10.2 Å². The number of rotatable bonds is 6. The van der Waals surface area contributed by atoms with Crippen molar-refractivity contribution >= 4 is 5.82 Å². The second-order valence-electron chi connectivity index (χ2n) is 7.17. The van der Waals surface area contributed by atoms with Crippen LogP contribution in [0.3, 0.4) is 0 Å². The van der Waals surface area contributed by atoms with E-state index in [9.17, 15) is 0 Å². The van der Waals surface area contributed by atoms with Crippen LogP contribution in [0.4, 0.5) is 5.82 Å². The minimum Gasteiger partial charge on any atom is -0.481 e. The van der Waals surface area contributed by atoms with E-state index in [2.05, 4.69) is 44.4 Å². The van der Waals surface area contributed by atoms with Gasteiger partial charge in [0.25, 0.3) is 0 Å². The largest absolute Gasteiger partial charge is 0.481 e. The Kier molecular flexibility index (Phi) is 5.69. The Morgan fingerprint density at radius 2 is 1.93 bits per heavy atom. The first kappa shape index (κ1) is 19.3. The van der Waals surface area contributed by atoms with E-state index < -0.39 is 0 Å². The second kappa shape index (κ2) is 8.55. The summed E-state index contributed by atoms with van der Waals surface area (Å²) in [5.41, 5.74) is 5.57. The van der Waals surface area contributed by atoms with Crippen LogP contribution in [0.1, 0.15) is 44.4 Å². The normalized spacial score (nSPS) is 13.6. The predicted octanol–water partition coefficient (Wildman–Crippen LogP) is 3.45. The fraction of sp³-hybridized carbons (Fsp3) is 0.476. The fourth-order valence-electron chi connectivity index (χ4n) is 4.13. The van der Waals surface area contributed by atoms with E-state index in [1.165, 1.54) is 24.1 Å². The van der Waals surface area contributed by atoms with Gasteiger partial charge in [-0.05, 0) is 61.9 Å². The summed E-state index contributed by atoms with van der Waals surface area (Å²) in [5.74, 6) is 2.07. The van der Waals surface area contributed by atoms with Gasteiger partial charge in [-0.3, -0.25) is 0 Å². The molecule has 152 valence electrons. The molecule has 0 amide bonds. The molecule has 3 aromatic rings. The zero-order valence-corrected chi connectivity index (χ0v) is 17.3. The molecular formula is C21H27N7O. The van der Waals surface area contributed by atoms with Gasteiger partial charge in [0.05, 0.1) is 12.7 Å². The number of methoxy groups -OCH3 is 1. The van der Waals surface area contributed by atoms with Crippen LogP contribution in [0.5, 0.6) is 5.88 Å². The number of aromatic amines is 1. The molecule has 8 nitrogen and oxygen atoms in total. The molecule has 0 atom stereocenters. The van der Waals surface area contributed by atoms with Crippen LogP contribution in [-0.2, 0) is 12.8 Å². The molecule has 8 heteroatoms. The van der Waals surface area contributed by atoms with Gasteiger partial charge >= 0.3 is 0 Å². The number of aryl methyl sites for hydroxylation is 1. The van der Waals surface area contributed by atoms with Gasteiger partial charge in [0.15, 0.2) is 0 Å². The molecule has 0 bridgehead atoms. The fourth-order valence-corrected chi connectivity index (χ4v) is 4.13. The molecule has 0 unspecified atom stereocenters. The maximum Gasteiger partial charge on any atom is 0.213 e. The van der Waals surface area contributed by atoms with Gasteiger partial charge in [0, 0.05) is 36.6 Å². The Bertz CT molecular complexity index is 967. The third-order valence-electron chi connectivity index (χ3n) is 5.57. The molecule has 3 heterocycles. The molecule has 29 heavy (non-hydrogen) atoms. The molecule has 1 N–H and O–H groups in total. The number of nitrogens with zero attached hydrogens (tertiary/aromatic N) is 6. The molecule has 0 saturated carbocycles. The van der Waals surface area contributed by atoms with E-state index in [1.807, 2.05) is 12.1 Å². The first-order valence-electron chi connectivity index (χ1n) is 10.3. The molecule has 0 spiro atoms. The van der Waals surface area contributed by atoms with Gasteiger partial charge in [-0.2, -0.15) is 5.21 Å². The number of aromatic nitrogens is 6. The summed E-state index contributed by atoms with van der Waals surface area (Å²) >= 11 is 0. The minimum absolute atomic E-state index is 0.567. The highest BCUT2D eigenvalue weighted by molar-refractivity contribution is 5.90. The summed E-state index contributed by atoms with van der Waals surface area (Å²) in [6.07, 6.45) is 7.30. The zero-order chi connectivity index (χ0) is 20.2. The predicted molar refractivity (Wildman–Crippen MR) is 112 cm³/mol. The minimum atomic E-state index is 0.567. The van der Waals surface area contributed by atoms with Crippen molar-refractivity contribution in [2.24, 2.45) is 0 Å². The first-order valence-corrected chi connectivity index (χ1v) is 10.3. The third-order valence-corrected chi connectivity index (χ3v) is 5.57. The highest BCUT2D eigenvalue weighted by Crippen LogP contribution is 2.42. The molecule has 4 rings (SSSR count). The number of ether oxygens (including phenoxy) is 1. The van der Waals surface area contributed by atoms with Crippen LogP contribution in [0, 0.1) is 0 Å². The first-order chi connectivity index (χ1) is 14.3. The summed E-state index contributed by atoms with van der Waals surface area (Å²) in [5, 5.41) is 15.1. The molecule has 0 saturated heterocycles. The lowest BCUT2D eigenvalue weighted by atomic mass is 9.91. The molecule has 3 aromatic heterocycles. The van der Waals surface area contributed by atoms with Gasteiger partial charge in [0.2, 0.25) is 11.7 Å². The van der Waals surface area contributed by atoms with Crippen LogP contribution < -0.4 is 9.64 Å². The maximum absolute atomic E-state index is 5.41. The topological polar surface area (TPSA) is 92.7 Å². The summed E-state index contributed by atoms with van der Waals surface area (Å²) in [7, 11) is 1.64. The molecule has 1 aliphatic rings. The number of pyridine rings is 2. The SMILES string of the molecule is CCN(CC)c1nc2c(c(-c3ccnc(OC)c3)c1-c1nn[nH]n1)CCCCC2. The van der Waals surface area contributed by atoms with Crippen LogP contribution >= 0.6 is 0 Å². The number of anilines is 1. The Hall–Kier alpha value is -3.03. The molecule has 0 aromatic carbocycles. The van der Waals surface area contributed by atoms with Crippen molar-refractivity contribution < 1.29 is 4.74 Å². The lowest BCUT2D eigenvalue weighted by Gasteiger charge is -2.26. The van der Waals surface area contributed by atoms with E-state index in [0.717, 1.165) is 54.9 Å². The van der Waals surface area contributed by atoms with Gasteiger partial charge in [-0.1, -0.05) is 6.42 Å². The van der Waals surface area contributed by atoms with E-state index in [-0.39, 0.29) is 0 Å². The summed E-state index contributed by atoms with van der Waals surface area (Å²) in [4.78, 5) is 11.7. The Balaban J connectivity index is 2.07. The summed E-state index contributed by atoms with van der Waals surface area (Å²) in [6.45, 7) is 6.00. The highest BCUT2D eigenvalue weighted by Gasteiger charge is 2.27.